The quantitative estimate of drug-likeness (QED) is 0.172. The van der Waals surface area contributed by atoms with Crippen molar-refractivity contribution in [2.24, 2.45) is 0 Å². The summed E-state index contributed by atoms with van der Waals surface area (Å²) in [4.78, 5) is 0. The fraction of sp³-hybridized carbons (Fsp3) is 0.0612. The van der Waals surface area contributed by atoms with Crippen molar-refractivity contribution in [2.75, 3.05) is 0 Å². The average molecular weight is 637 g/mol. The topological polar surface area (TPSA) is 13.1 Å². The van der Waals surface area contributed by atoms with Crippen molar-refractivity contribution < 1.29 is 4.42 Å². The second-order valence-corrected chi connectivity index (χ2v) is 14.4. The van der Waals surface area contributed by atoms with Gasteiger partial charge < -0.3 is 4.42 Å². The lowest BCUT2D eigenvalue weighted by Crippen LogP contribution is -2.15. The lowest BCUT2D eigenvalue weighted by Gasteiger charge is -2.23. The zero-order chi connectivity index (χ0) is 33.1. The molecule has 0 saturated carbocycles. The summed E-state index contributed by atoms with van der Waals surface area (Å²) in [7, 11) is 0. The molecule has 1 heterocycles. The van der Waals surface area contributed by atoms with Crippen LogP contribution in [0.2, 0.25) is 0 Å². The molecule has 1 heteroatoms. The first kappa shape index (κ1) is 27.7. The van der Waals surface area contributed by atoms with Gasteiger partial charge in [0.05, 0.1) is 0 Å². The summed E-state index contributed by atoms with van der Waals surface area (Å²) in [5, 5.41) is 12.5. The van der Waals surface area contributed by atoms with Gasteiger partial charge in [-0.1, -0.05) is 147 Å². The van der Waals surface area contributed by atoms with E-state index >= 15 is 0 Å². The lowest BCUT2D eigenvalue weighted by molar-refractivity contribution is 0.661. The Labute approximate surface area is 290 Å². The highest BCUT2D eigenvalue weighted by Gasteiger charge is 2.36. The molecule has 1 aromatic heterocycles. The molecule has 0 N–H and O–H groups in total. The molecule has 0 spiro atoms. The Hall–Kier alpha value is -6.18. The third kappa shape index (κ3) is 3.67. The van der Waals surface area contributed by atoms with Gasteiger partial charge in [0.25, 0.3) is 0 Å². The predicted molar refractivity (Wildman–Crippen MR) is 212 cm³/mol. The lowest BCUT2D eigenvalue weighted by atomic mass is 9.80. The summed E-state index contributed by atoms with van der Waals surface area (Å²) >= 11 is 0. The molecule has 11 rings (SSSR count). The number of furan rings is 1. The maximum atomic E-state index is 6.40. The summed E-state index contributed by atoms with van der Waals surface area (Å²) < 4.78 is 6.40. The van der Waals surface area contributed by atoms with Crippen LogP contribution in [0.15, 0.2) is 162 Å². The molecule has 9 aromatic carbocycles. The standard InChI is InChI=1S/C49H32O/c1-49(2)41-24-20-29-11-3-5-13-33(29)47(41)39-23-19-32(28-42(39)49)46-37-17-9-7-15-35(37)45(36-16-8-10-18-38(36)46)31-22-25-43-40(27-31)48-34-14-6-4-12-30(34)21-26-44(48)50-43/h3-28H,1-2H3. The summed E-state index contributed by atoms with van der Waals surface area (Å²) in [6, 6.07) is 58.2. The van der Waals surface area contributed by atoms with E-state index in [-0.39, 0.29) is 5.41 Å². The normalized spacial score (nSPS) is 13.6. The number of fused-ring (bicyclic) bond motifs is 12. The van der Waals surface area contributed by atoms with Gasteiger partial charge >= 0.3 is 0 Å². The highest BCUT2D eigenvalue weighted by molar-refractivity contribution is 6.24. The molecule has 1 nitrogen and oxygen atoms in total. The van der Waals surface area contributed by atoms with Gasteiger partial charge in [0, 0.05) is 16.2 Å². The van der Waals surface area contributed by atoms with E-state index in [0.29, 0.717) is 0 Å². The Balaban J connectivity index is 1.18. The number of benzene rings is 9. The first-order valence-electron chi connectivity index (χ1n) is 17.5. The second-order valence-electron chi connectivity index (χ2n) is 14.4. The molecule has 0 unspecified atom stereocenters. The Bertz CT molecular complexity index is 3010. The van der Waals surface area contributed by atoms with Gasteiger partial charge in [0.15, 0.2) is 0 Å². The van der Waals surface area contributed by atoms with E-state index in [1.807, 2.05) is 0 Å². The molecule has 0 aliphatic heterocycles. The third-order valence-electron chi connectivity index (χ3n) is 11.4. The fourth-order valence-electron chi connectivity index (χ4n) is 9.12. The Kier molecular flexibility index (Phi) is 5.51. The monoisotopic (exact) mass is 636 g/mol. The van der Waals surface area contributed by atoms with Crippen LogP contribution in [0.3, 0.4) is 0 Å². The van der Waals surface area contributed by atoms with E-state index < -0.39 is 0 Å². The zero-order valence-electron chi connectivity index (χ0n) is 27.9. The molecular weight excluding hydrogens is 605 g/mol. The maximum absolute atomic E-state index is 6.40. The summed E-state index contributed by atoms with van der Waals surface area (Å²) in [5.41, 5.74) is 12.3. The first-order chi connectivity index (χ1) is 24.6. The first-order valence-corrected chi connectivity index (χ1v) is 17.5. The van der Waals surface area contributed by atoms with E-state index in [1.165, 1.54) is 93.0 Å². The zero-order valence-corrected chi connectivity index (χ0v) is 27.9. The largest absolute Gasteiger partial charge is 0.456 e. The van der Waals surface area contributed by atoms with Gasteiger partial charge in [-0.2, -0.15) is 0 Å². The van der Waals surface area contributed by atoms with Crippen LogP contribution in [0, 0.1) is 0 Å². The molecule has 0 bridgehead atoms. The van der Waals surface area contributed by atoms with E-state index in [0.717, 1.165) is 16.6 Å². The summed E-state index contributed by atoms with van der Waals surface area (Å²) in [6.45, 7) is 4.77. The number of hydrogen-bond acceptors (Lipinski definition) is 1. The van der Waals surface area contributed by atoms with Gasteiger partial charge in [-0.05, 0) is 112 Å². The molecule has 10 aromatic rings. The van der Waals surface area contributed by atoms with Crippen LogP contribution in [0.1, 0.15) is 25.0 Å². The Morgan fingerprint density at radius 2 is 0.900 bits per heavy atom. The van der Waals surface area contributed by atoms with Crippen molar-refractivity contribution in [1.29, 1.82) is 0 Å². The van der Waals surface area contributed by atoms with Crippen molar-refractivity contribution >= 4 is 65.0 Å². The van der Waals surface area contributed by atoms with Crippen molar-refractivity contribution in [3.8, 4) is 33.4 Å². The van der Waals surface area contributed by atoms with Crippen LogP contribution in [-0.4, -0.2) is 0 Å². The van der Waals surface area contributed by atoms with Gasteiger partial charge in [0.2, 0.25) is 0 Å². The highest BCUT2D eigenvalue weighted by atomic mass is 16.3. The molecule has 234 valence electrons. The SMILES string of the molecule is CC1(C)c2cc(-c3c4ccccc4c(-c4ccc5oc6ccc7ccccc7c6c5c4)c4ccccc34)ccc2-c2c1ccc1ccccc21. The van der Waals surface area contributed by atoms with Crippen molar-refractivity contribution in [3.05, 3.63) is 169 Å². The van der Waals surface area contributed by atoms with Crippen LogP contribution in [0.25, 0.3) is 98.4 Å². The molecular formula is C49H32O. The Morgan fingerprint density at radius 1 is 0.380 bits per heavy atom. The van der Waals surface area contributed by atoms with Crippen molar-refractivity contribution in [1.82, 2.24) is 0 Å². The van der Waals surface area contributed by atoms with Crippen LogP contribution >= 0.6 is 0 Å². The third-order valence-corrected chi connectivity index (χ3v) is 11.4. The molecule has 0 fully saturated rings. The number of rotatable bonds is 2. The van der Waals surface area contributed by atoms with Crippen molar-refractivity contribution in [3.63, 3.8) is 0 Å². The minimum atomic E-state index is -0.108. The minimum Gasteiger partial charge on any atom is -0.456 e. The minimum absolute atomic E-state index is 0.108. The molecule has 1 aliphatic rings. The van der Waals surface area contributed by atoms with Crippen LogP contribution in [-0.2, 0) is 5.41 Å². The fourth-order valence-corrected chi connectivity index (χ4v) is 9.12. The Morgan fingerprint density at radius 3 is 1.58 bits per heavy atom. The van der Waals surface area contributed by atoms with E-state index in [9.17, 15) is 0 Å². The summed E-state index contributed by atoms with van der Waals surface area (Å²) in [6.07, 6.45) is 0. The van der Waals surface area contributed by atoms with E-state index in [1.54, 1.807) is 0 Å². The smallest absolute Gasteiger partial charge is 0.136 e. The highest BCUT2D eigenvalue weighted by Crippen LogP contribution is 2.53. The molecule has 50 heavy (non-hydrogen) atoms. The van der Waals surface area contributed by atoms with Gasteiger partial charge in [-0.15, -0.1) is 0 Å². The predicted octanol–water partition coefficient (Wildman–Crippen LogP) is 13.8. The van der Waals surface area contributed by atoms with E-state index in [4.69, 9.17) is 4.42 Å². The second kappa shape index (κ2) is 9.94. The van der Waals surface area contributed by atoms with Gasteiger partial charge in [-0.3, -0.25) is 0 Å². The van der Waals surface area contributed by atoms with E-state index in [2.05, 4.69) is 172 Å². The van der Waals surface area contributed by atoms with Crippen LogP contribution < -0.4 is 0 Å². The molecule has 0 amide bonds. The molecule has 0 saturated heterocycles. The molecule has 0 atom stereocenters. The van der Waals surface area contributed by atoms with Crippen LogP contribution in [0.5, 0.6) is 0 Å². The maximum Gasteiger partial charge on any atom is 0.136 e. The van der Waals surface area contributed by atoms with Crippen molar-refractivity contribution in [2.45, 2.75) is 19.3 Å². The van der Waals surface area contributed by atoms with Gasteiger partial charge in [-0.25, -0.2) is 0 Å². The number of hydrogen-bond donors (Lipinski definition) is 0. The summed E-state index contributed by atoms with van der Waals surface area (Å²) in [5.74, 6) is 0. The van der Waals surface area contributed by atoms with Crippen LogP contribution in [0.4, 0.5) is 0 Å². The molecule has 0 radical (unpaired) electrons. The van der Waals surface area contributed by atoms with Gasteiger partial charge in [0.1, 0.15) is 11.2 Å². The average Bonchev–Trinajstić information content (AvgIpc) is 3.65. The molecule has 1 aliphatic carbocycles.